The molecule has 0 amide bonds. The van der Waals surface area contributed by atoms with Crippen molar-refractivity contribution in [2.45, 2.75) is 46.0 Å². The second kappa shape index (κ2) is 5.55. The first-order valence-electron chi connectivity index (χ1n) is 8.26. The Morgan fingerprint density at radius 2 is 2.00 bits per heavy atom. The number of nitrogens with zero attached hydrogens (tertiary/aromatic N) is 2. The lowest BCUT2D eigenvalue weighted by molar-refractivity contribution is -0.0946. The second-order valence-electron chi connectivity index (χ2n) is 7.35. The zero-order chi connectivity index (χ0) is 14.1. The Kier molecular flexibility index (Phi) is 3.93. The van der Waals surface area contributed by atoms with Crippen LogP contribution in [0.15, 0.2) is 4.99 Å². The molecule has 3 aliphatic rings. The van der Waals surface area contributed by atoms with Gasteiger partial charge in [-0.25, -0.2) is 0 Å². The first kappa shape index (κ1) is 14.2. The molecule has 0 atom stereocenters. The van der Waals surface area contributed by atoms with Gasteiger partial charge in [-0.05, 0) is 31.6 Å². The van der Waals surface area contributed by atoms with Crippen LogP contribution in [0.5, 0.6) is 0 Å². The first-order valence-corrected chi connectivity index (χ1v) is 8.26. The van der Waals surface area contributed by atoms with Crippen LogP contribution in [0.1, 0.15) is 46.0 Å². The average molecular weight is 279 g/mol. The number of ether oxygens (including phenoxy) is 1. The van der Waals surface area contributed by atoms with E-state index < -0.39 is 0 Å². The van der Waals surface area contributed by atoms with Crippen LogP contribution in [0.4, 0.5) is 0 Å². The topological polar surface area (TPSA) is 36.9 Å². The van der Waals surface area contributed by atoms with Crippen LogP contribution >= 0.6 is 0 Å². The molecule has 1 saturated carbocycles. The highest BCUT2D eigenvalue weighted by Crippen LogP contribution is 2.45. The van der Waals surface area contributed by atoms with Crippen LogP contribution in [-0.4, -0.2) is 50.3 Å². The van der Waals surface area contributed by atoms with E-state index in [2.05, 4.69) is 24.1 Å². The molecule has 20 heavy (non-hydrogen) atoms. The minimum Gasteiger partial charge on any atom is -0.380 e. The fourth-order valence-electron chi connectivity index (χ4n) is 3.88. The van der Waals surface area contributed by atoms with Crippen LogP contribution in [0.3, 0.4) is 0 Å². The lowest BCUT2D eigenvalue weighted by Gasteiger charge is -2.37. The van der Waals surface area contributed by atoms with Crippen LogP contribution in [-0.2, 0) is 4.74 Å². The van der Waals surface area contributed by atoms with E-state index in [4.69, 9.17) is 9.73 Å². The fraction of sp³-hybridized carbons (Fsp3) is 0.938. The Morgan fingerprint density at radius 3 is 2.60 bits per heavy atom. The Morgan fingerprint density at radius 1 is 1.25 bits per heavy atom. The smallest absolute Gasteiger partial charge is 0.193 e. The van der Waals surface area contributed by atoms with Crippen LogP contribution in [0.25, 0.3) is 0 Å². The van der Waals surface area contributed by atoms with Crippen molar-refractivity contribution in [3.8, 4) is 0 Å². The highest BCUT2D eigenvalue weighted by molar-refractivity contribution is 5.80. The molecule has 2 saturated heterocycles. The van der Waals surface area contributed by atoms with E-state index in [1.54, 1.807) is 0 Å². The molecule has 1 aliphatic carbocycles. The van der Waals surface area contributed by atoms with Crippen molar-refractivity contribution in [1.82, 2.24) is 10.2 Å². The Labute approximate surface area is 123 Å². The summed E-state index contributed by atoms with van der Waals surface area (Å²) in [6, 6.07) is 0. The van der Waals surface area contributed by atoms with Gasteiger partial charge in [-0.3, -0.25) is 4.99 Å². The molecule has 3 fully saturated rings. The van der Waals surface area contributed by atoms with Gasteiger partial charge in [0.2, 0.25) is 0 Å². The molecule has 114 valence electrons. The summed E-state index contributed by atoms with van der Waals surface area (Å²) >= 11 is 0. The van der Waals surface area contributed by atoms with Crippen LogP contribution < -0.4 is 5.32 Å². The van der Waals surface area contributed by atoms with E-state index in [-0.39, 0.29) is 5.41 Å². The van der Waals surface area contributed by atoms with Gasteiger partial charge < -0.3 is 15.0 Å². The van der Waals surface area contributed by atoms with Gasteiger partial charge in [-0.2, -0.15) is 0 Å². The number of hydrogen-bond donors (Lipinski definition) is 1. The summed E-state index contributed by atoms with van der Waals surface area (Å²) in [5.41, 5.74) is 0.880. The average Bonchev–Trinajstić information content (AvgIpc) is 3.03. The molecule has 0 aromatic rings. The normalized spacial score (nSPS) is 27.9. The first-order chi connectivity index (χ1) is 9.65. The third-order valence-electron chi connectivity index (χ3n) is 5.25. The molecule has 2 heterocycles. The molecule has 4 nitrogen and oxygen atoms in total. The van der Waals surface area contributed by atoms with E-state index >= 15 is 0 Å². The van der Waals surface area contributed by atoms with Crippen molar-refractivity contribution < 1.29 is 4.74 Å². The van der Waals surface area contributed by atoms with Gasteiger partial charge in [0, 0.05) is 25.0 Å². The highest BCUT2D eigenvalue weighted by atomic mass is 16.5. The lowest BCUT2D eigenvalue weighted by Crippen LogP contribution is -2.45. The standard InChI is InChI=1S/C16H29N3O/c1-3-17-14(18-10-15(2)12-20-13-15)19-9-8-16(11-19)6-4-5-7-16/h3-13H2,1-2H3,(H,17,18). The van der Waals surface area contributed by atoms with E-state index in [1.807, 2.05) is 0 Å². The summed E-state index contributed by atoms with van der Waals surface area (Å²) < 4.78 is 5.33. The molecule has 0 aromatic carbocycles. The molecule has 3 rings (SSSR count). The van der Waals surface area contributed by atoms with E-state index in [0.717, 1.165) is 32.3 Å². The third kappa shape index (κ3) is 2.80. The number of hydrogen-bond acceptors (Lipinski definition) is 2. The highest BCUT2D eigenvalue weighted by Gasteiger charge is 2.41. The van der Waals surface area contributed by atoms with Crippen molar-refractivity contribution >= 4 is 5.96 Å². The predicted molar refractivity (Wildman–Crippen MR) is 82.0 cm³/mol. The molecule has 0 aromatic heterocycles. The molecular formula is C16H29N3O. The summed E-state index contributed by atoms with van der Waals surface area (Å²) in [6.45, 7) is 10.4. The van der Waals surface area contributed by atoms with Gasteiger partial charge in [0.1, 0.15) is 0 Å². The van der Waals surface area contributed by atoms with E-state index in [0.29, 0.717) is 5.41 Å². The zero-order valence-corrected chi connectivity index (χ0v) is 13.1. The van der Waals surface area contributed by atoms with Crippen molar-refractivity contribution in [2.75, 3.05) is 39.4 Å². The largest absolute Gasteiger partial charge is 0.380 e. The van der Waals surface area contributed by atoms with Gasteiger partial charge >= 0.3 is 0 Å². The number of rotatable bonds is 3. The van der Waals surface area contributed by atoms with Crippen LogP contribution in [0.2, 0.25) is 0 Å². The summed E-state index contributed by atoms with van der Waals surface area (Å²) in [5, 5.41) is 3.49. The van der Waals surface area contributed by atoms with Crippen molar-refractivity contribution in [2.24, 2.45) is 15.8 Å². The van der Waals surface area contributed by atoms with E-state index in [9.17, 15) is 0 Å². The maximum Gasteiger partial charge on any atom is 0.193 e. The van der Waals surface area contributed by atoms with Crippen molar-refractivity contribution in [3.63, 3.8) is 0 Å². The zero-order valence-electron chi connectivity index (χ0n) is 13.1. The number of nitrogens with one attached hydrogen (secondary N) is 1. The number of aliphatic imine (C=N–C) groups is 1. The number of likely N-dealkylation sites (tertiary alicyclic amines) is 1. The molecule has 1 spiro atoms. The van der Waals surface area contributed by atoms with Crippen molar-refractivity contribution in [3.05, 3.63) is 0 Å². The molecule has 0 radical (unpaired) electrons. The van der Waals surface area contributed by atoms with Crippen molar-refractivity contribution in [1.29, 1.82) is 0 Å². The van der Waals surface area contributed by atoms with E-state index in [1.165, 1.54) is 45.2 Å². The minimum atomic E-state index is 0.269. The quantitative estimate of drug-likeness (QED) is 0.636. The maximum absolute atomic E-state index is 5.33. The molecule has 4 heteroatoms. The summed E-state index contributed by atoms with van der Waals surface area (Å²) in [4.78, 5) is 7.39. The Hall–Kier alpha value is -0.770. The summed E-state index contributed by atoms with van der Waals surface area (Å²) in [5.74, 6) is 1.13. The molecule has 1 N–H and O–H groups in total. The van der Waals surface area contributed by atoms with Gasteiger partial charge in [-0.1, -0.05) is 19.8 Å². The monoisotopic (exact) mass is 279 g/mol. The van der Waals surface area contributed by atoms with Crippen LogP contribution in [0, 0.1) is 10.8 Å². The van der Waals surface area contributed by atoms with Gasteiger partial charge in [-0.15, -0.1) is 0 Å². The van der Waals surface area contributed by atoms with Gasteiger partial charge in [0.15, 0.2) is 5.96 Å². The summed E-state index contributed by atoms with van der Waals surface area (Å²) in [7, 11) is 0. The molecule has 2 aliphatic heterocycles. The Bertz CT molecular complexity index is 370. The third-order valence-corrected chi connectivity index (χ3v) is 5.25. The SMILES string of the molecule is CCNC(=NCC1(C)COC1)N1CCC2(CCCC2)C1. The molecule has 0 bridgehead atoms. The van der Waals surface area contributed by atoms with Gasteiger partial charge in [0.05, 0.1) is 19.8 Å². The van der Waals surface area contributed by atoms with Gasteiger partial charge in [0.25, 0.3) is 0 Å². The Balaban J connectivity index is 1.63. The molecule has 0 unspecified atom stereocenters. The number of guanidine groups is 1. The molecular weight excluding hydrogens is 250 g/mol. The fourth-order valence-corrected chi connectivity index (χ4v) is 3.88. The minimum absolute atomic E-state index is 0.269. The lowest BCUT2D eigenvalue weighted by atomic mass is 9.86. The second-order valence-corrected chi connectivity index (χ2v) is 7.35. The maximum atomic E-state index is 5.33. The summed E-state index contributed by atoms with van der Waals surface area (Å²) in [6.07, 6.45) is 7.06. The predicted octanol–water partition coefficient (Wildman–Crippen LogP) is 2.25.